The summed E-state index contributed by atoms with van der Waals surface area (Å²) in [6.07, 6.45) is 3.33. The number of likely N-dealkylation sites (tertiary alicyclic amines) is 1. The van der Waals surface area contributed by atoms with Crippen LogP contribution in [0.25, 0.3) is 0 Å². The van der Waals surface area contributed by atoms with Crippen molar-refractivity contribution in [3.05, 3.63) is 30.1 Å². The third-order valence-electron chi connectivity index (χ3n) is 7.98. The minimum Gasteiger partial charge on any atom is -0.369 e. The van der Waals surface area contributed by atoms with Crippen LogP contribution in [0, 0.1) is 11.2 Å². The van der Waals surface area contributed by atoms with Gasteiger partial charge in [0.25, 0.3) is 0 Å². The highest BCUT2D eigenvalue weighted by Gasteiger charge is 2.49. The molecule has 0 radical (unpaired) electrons. The van der Waals surface area contributed by atoms with E-state index in [0.29, 0.717) is 13.1 Å². The molecule has 4 rings (SSSR count). The van der Waals surface area contributed by atoms with E-state index in [2.05, 4.69) is 20.4 Å². The van der Waals surface area contributed by atoms with Gasteiger partial charge in [-0.1, -0.05) is 0 Å². The lowest BCUT2D eigenvalue weighted by Crippen LogP contribution is -2.56. The van der Waals surface area contributed by atoms with Crippen LogP contribution in [0.5, 0.6) is 0 Å². The molecule has 8 heteroatoms. The maximum absolute atomic E-state index is 13.2. The molecule has 2 N–H and O–H groups in total. The lowest BCUT2D eigenvalue weighted by Gasteiger charge is -2.40. The normalized spacial score (nSPS) is 23.8. The van der Waals surface area contributed by atoms with Gasteiger partial charge in [-0.3, -0.25) is 14.5 Å². The molecule has 1 aromatic carbocycles. The smallest absolute Gasteiger partial charge is 0.242 e. The third kappa shape index (κ3) is 5.17. The van der Waals surface area contributed by atoms with Gasteiger partial charge in [0.2, 0.25) is 11.8 Å². The molecule has 3 aliphatic heterocycles. The first-order valence-electron chi connectivity index (χ1n) is 12.2. The van der Waals surface area contributed by atoms with Crippen molar-refractivity contribution < 1.29 is 14.0 Å². The molecule has 1 spiro atoms. The summed E-state index contributed by atoms with van der Waals surface area (Å²) in [5, 5.41) is 6.34. The van der Waals surface area contributed by atoms with Gasteiger partial charge in [0.15, 0.2) is 0 Å². The van der Waals surface area contributed by atoms with E-state index in [0.717, 1.165) is 64.1 Å². The Labute approximate surface area is 196 Å². The van der Waals surface area contributed by atoms with E-state index in [1.165, 1.54) is 12.1 Å². The Balaban J connectivity index is 1.22. The summed E-state index contributed by atoms with van der Waals surface area (Å²) in [4.78, 5) is 32.3. The molecule has 0 saturated carbocycles. The fourth-order valence-corrected chi connectivity index (χ4v) is 5.42. The van der Waals surface area contributed by atoms with Gasteiger partial charge in [-0.15, -0.1) is 0 Å². The number of amides is 2. The Morgan fingerprint density at radius 3 is 2.36 bits per heavy atom. The predicted octanol–water partition coefficient (Wildman–Crippen LogP) is 1.83. The molecule has 33 heavy (non-hydrogen) atoms. The van der Waals surface area contributed by atoms with Gasteiger partial charge in [-0.05, 0) is 70.8 Å². The molecule has 1 aromatic rings. The number of nitrogens with zero attached hydrogens (tertiary/aromatic N) is 3. The topological polar surface area (TPSA) is 67.9 Å². The number of nitrogens with one attached hydrogen (secondary N) is 2. The number of piperidine rings is 1. The van der Waals surface area contributed by atoms with Crippen molar-refractivity contribution in [1.82, 2.24) is 20.4 Å². The lowest BCUT2D eigenvalue weighted by molar-refractivity contribution is -0.142. The molecule has 7 nitrogen and oxygen atoms in total. The average molecular weight is 460 g/mol. The number of benzene rings is 1. The molecule has 3 aliphatic rings. The van der Waals surface area contributed by atoms with Gasteiger partial charge >= 0.3 is 0 Å². The number of likely N-dealkylation sites (N-methyl/N-ethyl adjacent to an activating group) is 1. The Hall–Kier alpha value is -2.19. The monoisotopic (exact) mass is 459 g/mol. The number of rotatable bonds is 6. The molecule has 0 aromatic heterocycles. The van der Waals surface area contributed by atoms with Crippen molar-refractivity contribution in [2.24, 2.45) is 5.41 Å². The summed E-state index contributed by atoms with van der Waals surface area (Å²) in [5.74, 6) is 0.0797. The molecular weight excluding hydrogens is 421 g/mol. The average Bonchev–Trinajstić information content (AvgIpc) is 3.13. The maximum atomic E-state index is 13.2. The summed E-state index contributed by atoms with van der Waals surface area (Å²) >= 11 is 0. The van der Waals surface area contributed by atoms with Crippen molar-refractivity contribution >= 4 is 17.5 Å². The first kappa shape index (κ1) is 24.0. The number of hydrogen-bond acceptors (Lipinski definition) is 5. The molecule has 0 unspecified atom stereocenters. The Bertz CT molecular complexity index is 843. The number of halogens is 1. The minimum atomic E-state index is -0.578. The van der Waals surface area contributed by atoms with Crippen molar-refractivity contribution in [1.29, 1.82) is 0 Å². The summed E-state index contributed by atoms with van der Waals surface area (Å²) in [7, 11) is 1.81. The van der Waals surface area contributed by atoms with Crippen LogP contribution < -0.4 is 15.5 Å². The van der Waals surface area contributed by atoms with E-state index >= 15 is 0 Å². The van der Waals surface area contributed by atoms with Crippen LogP contribution in [-0.4, -0.2) is 86.1 Å². The SMILES string of the molecule is CNC(C)(C)C(=O)N1CCC2(CC1)C[C@H](CCN1CCN(c3ccc(F)cc3)CC1)NC2=O. The van der Waals surface area contributed by atoms with E-state index < -0.39 is 5.54 Å². The van der Waals surface area contributed by atoms with Gasteiger partial charge in [-0.25, -0.2) is 4.39 Å². The highest BCUT2D eigenvalue weighted by atomic mass is 19.1. The van der Waals surface area contributed by atoms with Crippen LogP contribution in [0.4, 0.5) is 10.1 Å². The fourth-order valence-electron chi connectivity index (χ4n) is 5.42. The Kier molecular flexibility index (Phi) is 6.96. The van der Waals surface area contributed by atoms with Crippen LogP contribution >= 0.6 is 0 Å². The van der Waals surface area contributed by atoms with Gasteiger partial charge in [-0.2, -0.15) is 0 Å². The van der Waals surface area contributed by atoms with Crippen molar-refractivity contribution in [2.45, 2.75) is 51.1 Å². The predicted molar refractivity (Wildman–Crippen MR) is 128 cm³/mol. The quantitative estimate of drug-likeness (QED) is 0.680. The van der Waals surface area contributed by atoms with E-state index in [4.69, 9.17) is 0 Å². The molecule has 3 saturated heterocycles. The second kappa shape index (κ2) is 9.58. The van der Waals surface area contributed by atoms with Crippen molar-refractivity contribution in [3.8, 4) is 0 Å². The molecule has 0 bridgehead atoms. The third-order valence-corrected chi connectivity index (χ3v) is 7.98. The van der Waals surface area contributed by atoms with Crippen LogP contribution in [0.3, 0.4) is 0 Å². The Morgan fingerprint density at radius 2 is 1.76 bits per heavy atom. The first-order chi connectivity index (χ1) is 15.7. The van der Waals surface area contributed by atoms with Crippen LogP contribution in [0.15, 0.2) is 24.3 Å². The van der Waals surface area contributed by atoms with E-state index in [1.54, 1.807) is 7.05 Å². The number of hydrogen-bond donors (Lipinski definition) is 2. The number of carbonyl (C=O) groups excluding carboxylic acids is 2. The van der Waals surface area contributed by atoms with Crippen molar-refractivity contribution in [3.63, 3.8) is 0 Å². The molecule has 182 valence electrons. The lowest BCUT2D eigenvalue weighted by atomic mass is 9.75. The minimum absolute atomic E-state index is 0.106. The maximum Gasteiger partial charge on any atom is 0.242 e. The van der Waals surface area contributed by atoms with Gasteiger partial charge < -0.3 is 20.4 Å². The number of piperazine rings is 1. The van der Waals surface area contributed by atoms with Gasteiger partial charge in [0.1, 0.15) is 5.82 Å². The zero-order chi connectivity index (χ0) is 23.6. The molecule has 0 aliphatic carbocycles. The van der Waals surface area contributed by atoms with Crippen LogP contribution in [-0.2, 0) is 9.59 Å². The van der Waals surface area contributed by atoms with Crippen LogP contribution in [0.1, 0.15) is 39.5 Å². The highest BCUT2D eigenvalue weighted by molar-refractivity contribution is 5.87. The van der Waals surface area contributed by atoms with Crippen molar-refractivity contribution in [2.75, 3.05) is 57.8 Å². The van der Waals surface area contributed by atoms with Crippen LogP contribution in [0.2, 0.25) is 0 Å². The van der Waals surface area contributed by atoms with E-state index in [9.17, 15) is 14.0 Å². The summed E-state index contributed by atoms with van der Waals surface area (Å²) in [5.41, 5.74) is 0.182. The number of carbonyl (C=O) groups is 2. The zero-order valence-corrected chi connectivity index (χ0v) is 20.2. The number of anilines is 1. The van der Waals surface area contributed by atoms with Gasteiger partial charge in [0, 0.05) is 57.5 Å². The van der Waals surface area contributed by atoms with Gasteiger partial charge in [0.05, 0.1) is 11.0 Å². The summed E-state index contributed by atoms with van der Waals surface area (Å²) in [6, 6.07) is 6.93. The van der Waals surface area contributed by atoms with E-state index in [1.807, 2.05) is 30.9 Å². The highest BCUT2D eigenvalue weighted by Crippen LogP contribution is 2.41. The van der Waals surface area contributed by atoms with E-state index in [-0.39, 0.29) is 29.1 Å². The summed E-state index contributed by atoms with van der Waals surface area (Å²) in [6.45, 7) is 9.88. The zero-order valence-electron chi connectivity index (χ0n) is 20.2. The second-order valence-corrected chi connectivity index (χ2v) is 10.4. The molecule has 1 atom stereocenters. The first-order valence-corrected chi connectivity index (χ1v) is 12.2. The Morgan fingerprint density at radius 1 is 1.12 bits per heavy atom. The molecule has 3 fully saturated rings. The molecule has 2 amide bonds. The molecular formula is C25H38FN5O2. The summed E-state index contributed by atoms with van der Waals surface area (Å²) < 4.78 is 13.2. The molecule has 3 heterocycles. The second-order valence-electron chi connectivity index (χ2n) is 10.4. The standard InChI is InChI=1S/C25H38FN5O2/c1-24(2,27-3)23(33)31-12-9-25(10-13-31)18-20(28-22(25)32)8-11-29-14-16-30(17-15-29)21-6-4-19(26)5-7-21/h4-7,20,27H,8-18H2,1-3H3,(H,28,32)/t20-/m0/s1. The fraction of sp³-hybridized carbons (Fsp3) is 0.680. The largest absolute Gasteiger partial charge is 0.369 e.